The number of amides is 1. The van der Waals surface area contributed by atoms with Crippen LogP contribution in [-0.4, -0.2) is 21.7 Å². The van der Waals surface area contributed by atoms with Gasteiger partial charge in [0, 0.05) is 12.2 Å². The number of rotatable bonds is 4. The number of hydrogen-bond donors (Lipinski definition) is 1. The molecule has 1 heterocycles. The van der Waals surface area contributed by atoms with Crippen molar-refractivity contribution in [3.8, 4) is 11.8 Å². The Balaban J connectivity index is 2.09. The van der Waals surface area contributed by atoms with E-state index < -0.39 is 0 Å². The standard InChI is InChI=1S/C14H14N4O/c1-11(7-8-15)17-14(19)12-9-16-18(10-12)13-5-3-2-4-6-13/h2-6,9-11H,7H2,1H3,(H,17,19). The molecule has 1 aromatic heterocycles. The number of para-hydroxylation sites is 1. The summed E-state index contributed by atoms with van der Waals surface area (Å²) >= 11 is 0. The summed E-state index contributed by atoms with van der Waals surface area (Å²) in [6, 6.07) is 11.4. The molecule has 2 aromatic rings. The van der Waals surface area contributed by atoms with E-state index in [1.165, 1.54) is 6.20 Å². The average Bonchev–Trinajstić information content (AvgIpc) is 2.89. The molecule has 0 aliphatic heterocycles. The third kappa shape index (κ3) is 3.19. The van der Waals surface area contributed by atoms with E-state index in [1.54, 1.807) is 17.8 Å². The first-order chi connectivity index (χ1) is 9.20. The van der Waals surface area contributed by atoms with Crippen LogP contribution in [0.2, 0.25) is 0 Å². The SMILES string of the molecule is CC(CC#N)NC(=O)c1cnn(-c2ccccc2)c1. The van der Waals surface area contributed by atoms with Crippen molar-refractivity contribution < 1.29 is 4.79 Å². The van der Waals surface area contributed by atoms with Gasteiger partial charge in [-0.1, -0.05) is 18.2 Å². The van der Waals surface area contributed by atoms with Crippen molar-refractivity contribution in [3.05, 3.63) is 48.3 Å². The molecule has 0 radical (unpaired) electrons. The Morgan fingerprint density at radius 1 is 1.47 bits per heavy atom. The van der Waals surface area contributed by atoms with Gasteiger partial charge in [0.05, 0.1) is 29.9 Å². The first-order valence-corrected chi connectivity index (χ1v) is 5.98. The van der Waals surface area contributed by atoms with Crippen molar-refractivity contribution in [2.24, 2.45) is 0 Å². The van der Waals surface area contributed by atoms with Crippen LogP contribution in [0.3, 0.4) is 0 Å². The monoisotopic (exact) mass is 254 g/mol. The van der Waals surface area contributed by atoms with E-state index in [9.17, 15) is 4.79 Å². The van der Waals surface area contributed by atoms with E-state index in [-0.39, 0.29) is 11.9 Å². The van der Waals surface area contributed by atoms with Gasteiger partial charge in [-0.25, -0.2) is 4.68 Å². The predicted molar refractivity (Wildman–Crippen MR) is 70.7 cm³/mol. The van der Waals surface area contributed by atoms with Crippen molar-refractivity contribution in [1.82, 2.24) is 15.1 Å². The maximum atomic E-state index is 11.9. The molecule has 96 valence electrons. The van der Waals surface area contributed by atoms with Crippen molar-refractivity contribution in [1.29, 1.82) is 5.26 Å². The molecular formula is C14H14N4O. The van der Waals surface area contributed by atoms with Gasteiger partial charge in [0.15, 0.2) is 0 Å². The summed E-state index contributed by atoms with van der Waals surface area (Å²) in [5.74, 6) is -0.218. The summed E-state index contributed by atoms with van der Waals surface area (Å²) in [7, 11) is 0. The number of benzene rings is 1. The highest BCUT2D eigenvalue weighted by atomic mass is 16.1. The van der Waals surface area contributed by atoms with Gasteiger partial charge in [-0.3, -0.25) is 4.79 Å². The van der Waals surface area contributed by atoms with Crippen LogP contribution in [0.4, 0.5) is 0 Å². The molecule has 1 amide bonds. The normalized spacial score (nSPS) is 11.6. The maximum absolute atomic E-state index is 11.9. The van der Waals surface area contributed by atoms with Crippen LogP contribution in [0.25, 0.3) is 5.69 Å². The van der Waals surface area contributed by atoms with Gasteiger partial charge in [-0.05, 0) is 19.1 Å². The first kappa shape index (κ1) is 12.8. The molecule has 1 aromatic carbocycles. The molecule has 2 rings (SSSR count). The van der Waals surface area contributed by atoms with Crippen molar-refractivity contribution >= 4 is 5.91 Å². The summed E-state index contributed by atoms with van der Waals surface area (Å²) in [5, 5.41) is 15.5. The molecule has 0 spiro atoms. The Morgan fingerprint density at radius 2 is 2.21 bits per heavy atom. The van der Waals surface area contributed by atoms with E-state index >= 15 is 0 Å². The van der Waals surface area contributed by atoms with Crippen molar-refractivity contribution in [2.45, 2.75) is 19.4 Å². The number of nitrogens with zero attached hydrogens (tertiary/aromatic N) is 3. The molecule has 0 saturated carbocycles. The van der Waals surface area contributed by atoms with Crippen molar-refractivity contribution in [3.63, 3.8) is 0 Å². The minimum atomic E-state index is -0.218. The molecule has 0 aliphatic rings. The molecule has 1 atom stereocenters. The molecule has 0 fully saturated rings. The van der Waals surface area contributed by atoms with Gasteiger partial charge < -0.3 is 5.32 Å². The molecule has 0 aliphatic carbocycles. The number of carbonyl (C=O) groups excluding carboxylic acids is 1. The molecule has 5 nitrogen and oxygen atoms in total. The lowest BCUT2D eigenvalue weighted by molar-refractivity contribution is 0.0941. The number of hydrogen-bond acceptors (Lipinski definition) is 3. The number of nitrogens with one attached hydrogen (secondary N) is 1. The summed E-state index contributed by atoms with van der Waals surface area (Å²) in [6.07, 6.45) is 3.48. The molecule has 1 N–H and O–H groups in total. The van der Waals surface area contributed by atoms with Crippen LogP contribution >= 0.6 is 0 Å². The highest BCUT2D eigenvalue weighted by Gasteiger charge is 2.11. The third-order valence-electron chi connectivity index (χ3n) is 2.64. The largest absolute Gasteiger partial charge is 0.348 e. The Bertz CT molecular complexity index is 597. The van der Waals surface area contributed by atoms with E-state index in [2.05, 4.69) is 10.4 Å². The lowest BCUT2D eigenvalue weighted by atomic mass is 10.2. The number of aromatic nitrogens is 2. The summed E-state index contributed by atoms with van der Waals surface area (Å²) < 4.78 is 1.64. The molecule has 5 heteroatoms. The van der Waals surface area contributed by atoms with Crippen LogP contribution in [-0.2, 0) is 0 Å². The Hall–Kier alpha value is -2.61. The molecule has 0 bridgehead atoms. The molecule has 0 saturated heterocycles. The van der Waals surface area contributed by atoms with E-state index in [4.69, 9.17) is 5.26 Å². The highest BCUT2D eigenvalue weighted by Crippen LogP contribution is 2.07. The summed E-state index contributed by atoms with van der Waals surface area (Å²) in [4.78, 5) is 11.9. The second-order valence-corrected chi connectivity index (χ2v) is 4.25. The summed E-state index contributed by atoms with van der Waals surface area (Å²) in [5.41, 5.74) is 1.38. The predicted octanol–water partition coefficient (Wildman–Crippen LogP) is 1.90. The number of nitriles is 1. The zero-order chi connectivity index (χ0) is 13.7. The Kier molecular flexibility index (Phi) is 3.94. The maximum Gasteiger partial charge on any atom is 0.254 e. The van der Waals surface area contributed by atoms with Gasteiger partial charge in [0.2, 0.25) is 0 Å². The minimum absolute atomic E-state index is 0.169. The first-order valence-electron chi connectivity index (χ1n) is 5.98. The minimum Gasteiger partial charge on any atom is -0.348 e. The zero-order valence-corrected chi connectivity index (χ0v) is 10.6. The van der Waals surface area contributed by atoms with Gasteiger partial charge in [-0.15, -0.1) is 0 Å². The molecular weight excluding hydrogens is 240 g/mol. The fourth-order valence-corrected chi connectivity index (χ4v) is 1.66. The molecule has 19 heavy (non-hydrogen) atoms. The third-order valence-corrected chi connectivity index (χ3v) is 2.64. The average molecular weight is 254 g/mol. The smallest absolute Gasteiger partial charge is 0.254 e. The van der Waals surface area contributed by atoms with Gasteiger partial charge >= 0.3 is 0 Å². The molecule has 1 unspecified atom stereocenters. The fraction of sp³-hybridized carbons (Fsp3) is 0.214. The lowest BCUT2D eigenvalue weighted by Gasteiger charge is -2.08. The van der Waals surface area contributed by atoms with Crippen LogP contribution in [0, 0.1) is 11.3 Å². The second kappa shape index (κ2) is 5.83. The number of carbonyl (C=O) groups is 1. The van der Waals surface area contributed by atoms with Gasteiger partial charge in [0.1, 0.15) is 0 Å². The van der Waals surface area contributed by atoms with E-state index in [0.717, 1.165) is 5.69 Å². The quantitative estimate of drug-likeness (QED) is 0.905. The summed E-state index contributed by atoms with van der Waals surface area (Å²) in [6.45, 7) is 1.79. The highest BCUT2D eigenvalue weighted by molar-refractivity contribution is 5.93. The van der Waals surface area contributed by atoms with Gasteiger partial charge in [0.25, 0.3) is 5.91 Å². The van der Waals surface area contributed by atoms with Crippen molar-refractivity contribution in [2.75, 3.05) is 0 Å². The van der Waals surface area contributed by atoms with Crippen LogP contribution < -0.4 is 5.32 Å². The topological polar surface area (TPSA) is 70.7 Å². The fourth-order valence-electron chi connectivity index (χ4n) is 1.66. The zero-order valence-electron chi connectivity index (χ0n) is 10.6. The Labute approximate surface area is 111 Å². The van der Waals surface area contributed by atoms with Crippen LogP contribution in [0.1, 0.15) is 23.7 Å². The van der Waals surface area contributed by atoms with Crippen LogP contribution in [0.5, 0.6) is 0 Å². The van der Waals surface area contributed by atoms with E-state index in [0.29, 0.717) is 12.0 Å². The Morgan fingerprint density at radius 3 is 2.89 bits per heavy atom. The second-order valence-electron chi connectivity index (χ2n) is 4.25. The lowest BCUT2D eigenvalue weighted by Crippen LogP contribution is -2.31. The van der Waals surface area contributed by atoms with E-state index in [1.807, 2.05) is 36.4 Å². The van der Waals surface area contributed by atoms with Gasteiger partial charge in [-0.2, -0.15) is 10.4 Å². The van der Waals surface area contributed by atoms with Crippen LogP contribution in [0.15, 0.2) is 42.7 Å².